The minimum atomic E-state index is -0.435. The molecule has 0 saturated carbocycles. The van der Waals surface area contributed by atoms with Crippen molar-refractivity contribution in [3.63, 3.8) is 0 Å². The highest BCUT2D eigenvalue weighted by atomic mass is 35.5. The van der Waals surface area contributed by atoms with Gasteiger partial charge in [-0.15, -0.1) is 0 Å². The zero-order valence-corrected chi connectivity index (χ0v) is 13.0. The number of aromatic nitrogens is 2. The first-order valence-corrected chi connectivity index (χ1v) is 7.22. The van der Waals surface area contributed by atoms with Gasteiger partial charge in [-0.1, -0.05) is 29.8 Å². The molecular formula is C16H13ClN4O2. The molecule has 23 heavy (non-hydrogen) atoms. The van der Waals surface area contributed by atoms with Crippen LogP contribution in [0.5, 0.6) is 0 Å². The number of rotatable bonds is 4. The number of carbonyl (C=O) groups excluding carboxylic acids is 1. The van der Waals surface area contributed by atoms with Gasteiger partial charge in [-0.2, -0.15) is 10.2 Å². The van der Waals surface area contributed by atoms with Crippen molar-refractivity contribution < 1.29 is 9.21 Å². The maximum absolute atomic E-state index is 11.7. The second-order valence-corrected chi connectivity index (χ2v) is 5.07. The molecule has 0 aliphatic heterocycles. The summed E-state index contributed by atoms with van der Waals surface area (Å²) in [7, 11) is 0. The Kier molecular flexibility index (Phi) is 4.25. The van der Waals surface area contributed by atoms with Gasteiger partial charge in [0.1, 0.15) is 5.15 Å². The smallest absolute Gasteiger partial charge is 0.307 e. The summed E-state index contributed by atoms with van der Waals surface area (Å²) >= 11 is 6.36. The van der Waals surface area contributed by atoms with Gasteiger partial charge in [0.2, 0.25) is 0 Å². The molecule has 3 aromatic rings. The standard InChI is InChI=1S/C16H13ClN4O2/c1-11-13(10-18-19-16(22)14-8-5-9-23-14)15(17)21(20-11)12-6-3-2-4-7-12/h2-10H,1H3,(H,19,22)/b18-10+. The van der Waals surface area contributed by atoms with Crippen molar-refractivity contribution in [1.82, 2.24) is 15.2 Å². The maximum atomic E-state index is 11.7. The third-order valence-corrected chi connectivity index (χ3v) is 3.52. The van der Waals surface area contributed by atoms with Crippen LogP contribution in [0.3, 0.4) is 0 Å². The first-order valence-electron chi connectivity index (χ1n) is 6.84. The van der Waals surface area contributed by atoms with E-state index < -0.39 is 5.91 Å². The molecule has 1 aromatic carbocycles. The van der Waals surface area contributed by atoms with Gasteiger partial charge >= 0.3 is 5.91 Å². The minimum Gasteiger partial charge on any atom is -0.459 e. The number of benzene rings is 1. The molecule has 0 radical (unpaired) electrons. The Morgan fingerprint density at radius 3 is 2.78 bits per heavy atom. The van der Waals surface area contributed by atoms with Gasteiger partial charge in [0, 0.05) is 0 Å². The molecule has 0 unspecified atom stereocenters. The predicted molar refractivity (Wildman–Crippen MR) is 87.1 cm³/mol. The number of furan rings is 1. The second-order valence-electron chi connectivity index (χ2n) is 4.71. The SMILES string of the molecule is Cc1nn(-c2ccccc2)c(Cl)c1/C=N/NC(=O)c1ccco1. The van der Waals surface area contributed by atoms with Crippen molar-refractivity contribution in [3.8, 4) is 5.69 Å². The highest BCUT2D eigenvalue weighted by Crippen LogP contribution is 2.21. The van der Waals surface area contributed by atoms with Gasteiger partial charge in [0.05, 0.1) is 29.4 Å². The van der Waals surface area contributed by atoms with Crippen LogP contribution in [0.15, 0.2) is 58.2 Å². The van der Waals surface area contributed by atoms with E-state index in [1.165, 1.54) is 12.5 Å². The zero-order chi connectivity index (χ0) is 16.2. The Morgan fingerprint density at radius 2 is 2.09 bits per heavy atom. The van der Waals surface area contributed by atoms with E-state index in [1.807, 2.05) is 37.3 Å². The Bertz CT molecular complexity index is 839. The fourth-order valence-electron chi connectivity index (χ4n) is 2.02. The van der Waals surface area contributed by atoms with Gasteiger partial charge in [-0.3, -0.25) is 4.79 Å². The number of nitrogens with zero attached hydrogens (tertiary/aromatic N) is 3. The lowest BCUT2D eigenvalue weighted by atomic mass is 10.3. The van der Waals surface area contributed by atoms with Crippen LogP contribution in [0.1, 0.15) is 21.8 Å². The van der Waals surface area contributed by atoms with Crippen molar-refractivity contribution in [2.45, 2.75) is 6.92 Å². The van der Waals surface area contributed by atoms with Crippen molar-refractivity contribution in [3.05, 3.63) is 70.9 Å². The summed E-state index contributed by atoms with van der Waals surface area (Å²) in [4.78, 5) is 11.7. The van der Waals surface area contributed by atoms with E-state index in [-0.39, 0.29) is 5.76 Å². The summed E-state index contributed by atoms with van der Waals surface area (Å²) in [5.41, 5.74) is 4.56. The first kappa shape index (κ1) is 15.1. The highest BCUT2D eigenvalue weighted by molar-refractivity contribution is 6.32. The quantitative estimate of drug-likeness (QED) is 0.590. The molecule has 6 nitrogen and oxygen atoms in total. The molecule has 7 heteroatoms. The Morgan fingerprint density at radius 1 is 1.30 bits per heavy atom. The lowest BCUT2D eigenvalue weighted by molar-refractivity contribution is 0.0927. The molecular weight excluding hydrogens is 316 g/mol. The molecule has 0 spiro atoms. The number of halogens is 1. The Balaban J connectivity index is 1.80. The van der Waals surface area contributed by atoms with Crippen LogP contribution in [0.4, 0.5) is 0 Å². The van der Waals surface area contributed by atoms with E-state index in [0.29, 0.717) is 16.4 Å². The fraction of sp³-hybridized carbons (Fsp3) is 0.0625. The minimum absolute atomic E-state index is 0.185. The maximum Gasteiger partial charge on any atom is 0.307 e. The van der Waals surface area contributed by atoms with Crippen molar-refractivity contribution in [1.29, 1.82) is 0 Å². The summed E-state index contributed by atoms with van der Waals surface area (Å²) in [6.07, 6.45) is 2.88. The summed E-state index contributed by atoms with van der Waals surface area (Å²) in [5.74, 6) is -0.250. The molecule has 0 saturated heterocycles. The Labute approximate surface area is 137 Å². The molecule has 3 rings (SSSR count). The number of hydrazone groups is 1. The normalized spacial score (nSPS) is 11.0. The molecule has 2 aromatic heterocycles. The van der Waals surface area contributed by atoms with Crippen LogP contribution < -0.4 is 5.43 Å². The largest absolute Gasteiger partial charge is 0.459 e. The lowest BCUT2D eigenvalue weighted by Gasteiger charge is -2.01. The zero-order valence-electron chi connectivity index (χ0n) is 12.2. The van der Waals surface area contributed by atoms with Gasteiger partial charge in [0.15, 0.2) is 5.76 Å². The van der Waals surface area contributed by atoms with E-state index in [4.69, 9.17) is 16.0 Å². The number of hydrogen-bond acceptors (Lipinski definition) is 4. The summed E-state index contributed by atoms with van der Waals surface area (Å²) in [6.45, 7) is 1.82. The molecule has 0 fully saturated rings. The van der Waals surface area contributed by atoms with Gasteiger partial charge in [0.25, 0.3) is 0 Å². The third kappa shape index (κ3) is 3.17. The van der Waals surface area contributed by atoms with Crippen molar-refractivity contribution >= 4 is 23.7 Å². The molecule has 1 amide bonds. The molecule has 0 atom stereocenters. The van der Waals surface area contributed by atoms with Crippen LogP contribution in [0.25, 0.3) is 5.69 Å². The highest BCUT2D eigenvalue weighted by Gasteiger charge is 2.13. The molecule has 0 bridgehead atoms. The number of aryl methyl sites for hydroxylation is 1. The van der Waals surface area contributed by atoms with Crippen LogP contribution in [-0.4, -0.2) is 21.9 Å². The van der Waals surface area contributed by atoms with Crippen molar-refractivity contribution in [2.75, 3.05) is 0 Å². The van der Waals surface area contributed by atoms with Gasteiger partial charge in [-0.25, -0.2) is 10.1 Å². The molecule has 2 heterocycles. The number of nitrogens with one attached hydrogen (secondary N) is 1. The van der Waals surface area contributed by atoms with Crippen molar-refractivity contribution in [2.24, 2.45) is 5.10 Å². The van der Waals surface area contributed by atoms with E-state index in [9.17, 15) is 4.79 Å². The number of hydrogen-bond donors (Lipinski definition) is 1. The molecule has 116 valence electrons. The van der Waals surface area contributed by atoms with E-state index in [2.05, 4.69) is 15.6 Å². The van der Waals surface area contributed by atoms with Crippen LogP contribution in [0, 0.1) is 6.92 Å². The number of carbonyl (C=O) groups is 1. The molecule has 0 aliphatic rings. The molecule has 0 aliphatic carbocycles. The van der Waals surface area contributed by atoms with Crippen LogP contribution in [0.2, 0.25) is 5.15 Å². The summed E-state index contributed by atoms with van der Waals surface area (Å²) in [6, 6.07) is 12.7. The van der Waals surface area contributed by atoms with Gasteiger partial charge in [-0.05, 0) is 31.2 Å². The van der Waals surface area contributed by atoms with Crippen LogP contribution >= 0.6 is 11.6 Å². The summed E-state index contributed by atoms with van der Waals surface area (Å²) < 4.78 is 6.60. The Hall–Kier alpha value is -2.86. The fourth-order valence-corrected chi connectivity index (χ4v) is 2.34. The topological polar surface area (TPSA) is 72.4 Å². The monoisotopic (exact) mass is 328 g/mol. The molecule has 1 N–H and O–H groups in total. The van der Waals surface area contributed by atoms with E-state index in [0.717, 1.165) is 5.69 Å². The lowest BCUT2D eigenvalue weighted by Crippen LogP contribution is -2.16. The second kappa shape index (κ2) is 6.50. The predicted octanol–water partition coefficient (Wildman–Crippen LogP) is 3.19. The van der Waals surface area contributed by atoms with Crippen LogP contribution in [-0.2, 0) is 0 Å². The average molecular weight is 329 g/mol. The number of amides is 1. The average Bonchev–Trinajstić information content (AvgIpc) is 3.19. The van der Waals surface area contributed by atoms with E-state index >= 15 is 0 Å². The van der Waals surface area contributed by atoms with Gasteiger partial charge < -0.3 is 4.42 Å². The summed E-state index contributed by atoms with van der Waals surface area (Å²) in [5, 5.41) is 8.72. The first-order chi connectivity index (χ1) is 11.2. The third-order valence-electron chi connectivity index (χ3n) is 3.15. The van der Waals surface area contributed by atoms with E-state index in [1.54, 1.807) is 16.8 Å². The number of para-hydroxylation sites is 1.